The van der Waals surface area contributed by atoms with Crippen molar-refractivity contribution in [2.24, 2.45) is 5.10 Å². The third-order valence-corrected chi connectivity index (χ3v) is 7.22. The number of aryl methyl sites for hydroxylation is 3. The molecule has 0 spiro atoms. The topological polar surface area (TPSA) is 58.5 Å². The summed E-state index contributed by atoms with van der Waals surface area (Å²) in [5, 5.41) is 4.43. The van der Waals surface area contributed by atoms with Crippen LogP contribution >= 0.6 is 0 Å². The van der Waals surface area contributed by atoms with Crippen molar-refractivity contribution < 1.29 is 8.42 Å². The smallest absolute Gasteiger partial charge is 0.200 e. The molecular formula is C23H30N2O2S. The molecule has 1 aliphatic carbocycles. The van der Waals surface area contributed by atoms with Gasteiger partial charge in [-0.3, -0.25) is 0 Å². The van der Waals surface area contributed by atoms with E-state index in [9.17, 15) is 8.42 Å². The summed E-state index contributed by atoms with van der Waals surface area (Å²) in [5.74, 6) is 0. The number of hydrazone groups is 1. The van der Waals surface area contributed by atoms with Crippen LogP contribution in [0.2, 0.25) is 0 Å². The molecule has 0 atom stereocenters. The molecule has 0 fully saturated rings. The zero-order valence-corrected chi connectivity index (χ0v) is 18.7. The van der Waals surface area contributed by atoms with Crippen LogP contribution in [-0.2, 0) is 20.9 Å². The average molecular weight is 399 g/mol. The normalized spacial score (nSPS) is 19.3. The van der Waals surface area contributed by atoms with Crippen LogP contribution in [0.3, 0.4) is 0 Å². The van der Waals surface area contributed by atoms with Gasteiger partial charge in [0.25, 0.3) is 10.0 Å². The van der Waals surface area contributed by atoms with E-state index in [2.05, 4.69) is 63.6 Å². The molecular weight excluding hydrogens is 368 g/mol. The van der Waals surface area contributed by atoms with E-state index in [0.29, 0.717) is 6.42 Å². The Morgan fingerprint density at radius 3 is 2.00 bits per heavy atom. The first kappa shape index (κ1) is 20.6. The Kier molecular flexibility index (Phi) is 4.95. The Morgan fingerprint density at radius 1 is 0.893 bits per heavy atom. The predicted octanol–water partition coefficient (Wildman–Crippen LogP) is 4.91. The Balaban J connectivity index is 2.02. The van der Waals surface area contributed by atoms with Gasteiger partial charge in [0.05, 0.1) is 4.90 Å². The minimum Gasteiger partial charge on any atom is -0.200 e. The minimum atomic E-state index is -3.69. The van der Waals surface area contributed by atoms with Crippen LogP contribution in [0.25, 0.3) is 0 Å². The van der Waals surface area contributed by atoms with E-state index in [4.69, 9.17) is 0 Å². The lowest BCUT2D eigenvalue weighted by Gasteiger charge is -2.43. The summed E-state index contributed by atoms with van der Waals surface area (Å²) in [4.78, 5) is 2.70. The maximum absolute atomic E-state index is 12.7. The molecule has 0 aliphatic heterocycles. The fourth-order valence-electron chi connectivity index (χ4n) is 3.85. The second kappa shape index (κ2) is 6.73. The molecule has 1 aliphatic rings. The standard InChI is InChI=1S/C23H30N2O2S/c1-15-8-10-18(11-9-15)28(26,27)25-24-21-14-22(4,5)19-12-16(2)17(3)13-20(19)23(21,6)7/h8-13,25H,14H2,1-7H3/b24-21-. The van der Waals surface area contributed by atoms with E-state index in [0.717, 1.165) is 11.3 Å². The molecule has 2 aromatic rings. The second-order valence-electron chi connectivity index (χ2n) is 9.13. The first-order chi connectivity index (χ1) is 12.8. The van der Waals surface area contributed by atoms with E-state index in [1.54, 1.807) is 24.3 Å². The first-order valence-electron chi connectivity index (χ1n) is 9.62. The van der Waals surface area contributed by atoms with Crippen LogP contribution in [-0.4, -0.2) is 14.1 Å². The van der Waals surface area contributed by atoms with Crippen molar-refractivity contribution in [2.45, 2.75) is 70.6 Å². The molecule has 0 bridgehead atoms. The van der Waals surface area contributed by atoms with Gasteiger partial charge >= 0.3 is 0 Å². The van der Waals surface area contributed by atoms with Gasteiger partial charge in [-0.2, -0.15) is 13.5 Å². The third kappa shape index (κ3) is 3.60. The number of hydrogen-bond donors (Lipinski definition) is 1. The zero-order valence-electron chi connectivity index (χ0n) is 17.8. The largest absolute Gasteiger partial charge is 0.276 e. The molecule has 5 heteroatoms. The van der Waals surface area contributed by atoms with Gasteiger partial charge in [-0.05, 0) is 67.0 Å². The Morgan fingerprint density at radius 2 is 1.43 bits per heavy atom. The highest BCUT2D eigenvalue weighted by molar-refractivity contribution is 7.89. The molecule has 0 radical (unpaired) electrons. The van der Waals surface area contributed by atoms with E-state index in [1.807, 2.05) is 6.92 Å². The van der Waals surface area contributed by atoms with Gasteiger partial charge < -0.3 is 0 Å². The summed E-state index contributed by atoms with van der Waals surface area (Å²) in [5.41, 5.74) is 6.47. The lowest BCUT2D eigenvalue weighted by molar-refractivity contribution is 0.481. The Labute approximate surface area is 169 Å². The van der Waals surface area contributed by atoms with Crippen molar-refractivity contribution in [1.82, 2.24) is 4.83 Å². The fourth-order valence-corrected chi connectivity index (χ4v) is 4.68. The van der Waals surface area contributed by atoms with E-state index in [-0.39, 0.29) is 15.7 Å². The first-order valence-corrected chi connectivity index (χ1v) is 11.1. The molecule has 3 rings (SSSR count). The number of nitrogens with one attached hydrogen (secondary N) is 1. The van der Waals surface area contributed by atoms with Crippen molar-refractivity contribution in [1.29, 1.82) is 0 Å². The molecule has 150 valence electrons. The van der Waals surface area contributed by atoms with Crippen LogP contribution < -0.4 is 4.83 Å². The molecule has 1 N–H and O–H groups in total. The van der Waals surface area contributed by atoms with Gasteiger partial charge in [-0.25, -0.2) is 4.83 Å². The molecule has 2 aromatic carbocycles. The molecule has 0 aromatic heterocycles. The maximum atomic E-state index is 12.7. The van der Waals surface area contributed by atoms with Crippen LogP contribution in [0.4, 0.5) is 0 Å². The number of benzene rings is 2. The highest BCUT2D eigenvalue weighted by Crippen LogP contribution is 2.45. The summed E-state index contributed by atoms with van der Waals surface area (Å²) in [7, 11) is -3.69. The van der Waals surface area contributed by atoms with Gasteiger partial charge in [0.2, 0.25) is 0 Å². The summed E-state index contributed by atoms with van der Waals surface area (Å²) in [6, 6.07) is 11.3. The molecule has 0 unspecified atom stereocenters. The van der Waals surface area contributed by atoms with Crippen LogP contribution in [0, 0.1) is 20.8 Å². The van der Waals surface area contributed by atoms with Gasteiger partial charge in [0.15, 0.2) is 0 Å². The molecule has 0 saturated heterocycles. The minimum absolute atomic E-state index is 0.114. The van der Waals surface area contributed by atoms with Crippen molar-refractivity contribution >= 4 is 15.7 Å². The molecule has 28 heavy (non-hydrogen) atoms. The lowest BCUT2D eigenvalue weighted by atomic mass is 9.61. The summed E-state index contributed by atoms with van der Waals surface area (Å²) in [6.45, 7) is 14.8. The number of rotatable bonds is 3. The highest BCUT2D eigenvalue weighted by atomic mass is 32.2. The van der Waals surface area contributed by atoms with Crippen molar-refractivity contribution in [3.63, 3.8) is 0 Å². The quantitative estimate of drug-likeness (QED) is 0.747. The summed E-state index contributed by atoms with van der Waals surface area (Å²) < 4.78 is 25.4. The van der Waals surface area contributed by atoms with Crippen LogP contribution in [0.5, 0.6) is 0 Å². The van der Waals surface area contributed by atoms with E-state index in [1.165, 1.54) is 22.3 Å². The average Bonchev–Trinajstić information content (AvgIpc) is 2.59. The van der Waals surface area contributed by atoms with Crippen LogP contribution in [0.15, 0.2) is 46.4 Å². The highest BCUT2D eigenvalue weighted by Gasteiger charge is 2.42. The number of hydrogen-bond acceptors (Lipinski definition) is 3. The SMILES string of the molecule is Cc1ccc(S(=O)(=O)N/N=C2/CC(C)(C)c3cc(C)c(C)cc3C2(C)C)cc1. The van der Waals surface area contributed by atoms with E-state index >= 15 is 0 Å². The van der Waals surface area contributed by atoms with Crippen LogP contribution in [0.1, 0.15) is 61.9 Å². The van der Waals surface area contributed by atoms with Gasteiger partial charge in [-0.1, -0.05) is 57.5 Å². The van der Waals surface area contributed by atoms with Gasteiger partial charge in [0, 0.05) is 11.1 Å². The van der Waals surface area contributed by atoms with Gasteiger partial charge in [0.1, 0.15) is 0 Å². The predicted molar refractivity (Wildman–Crippen MR) is 116 cm³/mol. The summed E-state index contributed by atoms with van der Waals surface area (Å²) in [6.07, 6.45) is 0.700. The summed E-state index contributed by atoms with van der Waals surface area (Å²) >= 11 is 0. The lowest BCUT2D eigenvalue weighted by Crippen LogP contribution is -2.43. The third-order valence-electron chi connectivity index (χ3n) is 6.00. The van der Waals surface area contributed by atoms with Gasteiger partial charge in [-0.15, -0.1) is 0 Å². The Hall–Kier alpha value is -2.14. The zero-order chi connectivity index (χ0) is 20.9. The molecule has 4 nitrogen and oxygen atoms in total. The second-order valence-corrected chi connectivity index (χ2v) is 10.8. The molecule has 0 heterocycles. The van der Waals surface area contributed by atoms with Crippen molar-refractivity contribution in [3.8, 4) is 0 Å². The fraction of sp³-hybridized carbons (Fsp3) is 0.435. The van der Waals surface area contributed by atoms with E-state index < -0.39 is 10.0 Å². The Bertz CT molecular complexity index is 1050. The van der Waals surface area contributed by atoms with Crippen molar-refractivity contribution in [2.75, 3.05) is 0 Å². The monoisotopic (exact) mass is 398 g/mol. The number of fused-ring (bicyclic) bond motifs is 1. The maximum Gasteiger partial charge on any atom is 0.276 e. The molecule has 0 saturated carbocycles. The number of sulfonamides is 1. The number of nitrogens with zero attached hydrogens (tertiary/aromatic N) is 1. The molecule has 0 amide bonds. The van der Waals surface area contributed by atoms with Crippen molar-refractivity contribution in [3.05, 3.63) is 64.2 Å².